The normalized spacial score (nSPS) is 11.3. The maximum atomic E-state index is 12.9. The molecule has 78 valence electrons. The lowest BCUT2D eigenvalue weighted by Gasteiger charge is -2.04. The maximum Gasteiger partial charge on any atom is 0.210 e. The van der Waals surface area contributed by atoms with Gasteiger partial charge in [-0.1, -0.05) is 0 Å². The van der Waals surface area contributed by atoms with Crippen LogP contribution in [0.25, 0.3) is 0 Å². The molecule has 1 heterocycles. The summed E-state index contributed by atoms with van der Waals surface area (Å²) in [6.45, 7) is 0.0345. The SMILES string of the molecule is NS(=O)(=O)CCNc1ncccc1F. The van der Waals surface area contributed by atoms with Crippen molar-refractivity contribution in [2.24, 2.45) is 5.14 Å². The van der Waals surface area contributed by atoms with Crippen LogP contribution in [0, 0.1) is 5.82 Å². The number of hydrogen-bond donors (Lipinski definition) is 2. The molecule has 1 rings (SSSR count). The van der Waals surface area contributed by atoms with Crippen molar-refractivity contribution in [1.29, 1.82) is 0 Å². The summed E-state index contributed by atoms with van der Waals surface area (Å²) in [4.78, 5) is 3.68. The Labute approximate surface area is 81.2 Å². The minimum absolute atomic E-state index is 0.0242. The summed E-state index contributed by atoms with van der Waals surface area (Å²) in [6.07, 6.45) is 1.41. The minimum Gasteiger partial charge on any atom is -0.367 e. The molecular weight excluding hydrogens is 209 g/mol. The van der Waals surface area contributed by atoms with Crippen LogP contribution in [0.5, 0.6) is 0 Å². The molecular formula is C7H10FN3O2S. The van der Waals surface area contributed by atoms with Crippen LogP contribution in [0.4, 0.5) is 10.2 Å². The first kappa shape index (κ1) is 10.9. The van der Waals surface area contributed by atoms with E-state index in [0.29, 0.717) is 0 Å². The second-order valence-electron chi connectivity index (χ2n) is 2.63. The van der Waals surface area contributed by atoms with Gasteiger partial charge in [-0.05, 0) is 12.1 Å². The molecule has 7 heteroatoms. The number of anilines is 1. The van der Waals surface area contributed by atoms with Crippen LogP contribution in [0.2, 0.25) is 0 Å². The molecule has 0 aromatic carbocycles. The summed E-state index contributed by atoms with van der Waals surface area (Å²) < 4.78 is 34.0. The van der Waals surface area contributed by atoms with Crippen molar-refractivity contribution >= 4 is 15.8 Å². The van der Waals surface area contributed by atoms with E-state index < -0.39 is 15.8 Å². The number of primary sulfonamides is 1. The van der Waals surface area contributed by atoms with E-state index in [2.05, 4.69) is 10.3 Å². The fourth-order valence-electron chi connectivity index (χ4n) is 0.827. The number of rotatable bonds is 4. The average molecular weight is 219 g/mol. The van der Waals surface area contributed by atoms with Gasteiger partial charge in [-0.15, -0.1) is 0 Å². The Bertz CT molecular complexity index is 407. The molecule has 0 bridgehead atoms. The first-order valence-corrected chi connectivity index (χ1v) is 5.55. The molecule has 0 aliphatic heterocycles. The van der Waals surface area contributed by atoms with Crippen molar-refractivity contribution in [3.05, 3.63) is 24.1 Å². The van der Waals surface area contributed by atoms with Crippen molar-refractivity contribution in [2.75, 3.05) is 17.6 Å². The minimum atomic E-state index is -3.52. The Morgan fingerprint density at radius 3 is 2.86 bits per heavy atom. The predicted octanol–water partition coefficient (Wildman–Crippen LogP) is -0.0789. The quantitative estimate of drug-likeness (QED) is 0.741. The number of nitrogens with zero attached hydrogens (tertiary/aromatic N) is 1. The van der Waals surface area contributed by atoms with E-state index in [1.807, 2.05) is 0 Å². The molecule has 0 amide bonds. The Kier molecular flexibility index (Phi) is 3.37. The number of aromatic nitrogens is 1. The second-order valence-corrected chi connectivity index (χ2v) is 4.36. The van der Waals surface area contributed by atoms with Crippen LogP contribution in [0.1, 0.15) is 0 Å². The second kappa shape index (κ2) is 4.34. The smallest absolute Gasteiger partial charge is 0.210 e. The predicted molar refractivity (Wildman–Crippen MR) is 50.7 cm³/mol. The third-order valence-electron chi connectivity index (χ3n) is 1.44. The first-order chi connectivity index (χ1) is 6.49. The highest BCUT2D eigenvalue weighted by Crippen LogP contribution is 2.07. The van der Waals surface area contributed by atoms with Crippen LogP contribution in [-0.2, 0) is 10.0 Å². The van der Waals surface area contributed by atoms with Crippen LogP contribution >= 0.6 is 0 Å². The molecule has 0 radical (unpaired) electrons. The van der Waals surface area contributed by atoms with Crippen molar-refractivity contribution in [3.8, 4) is 0 Å². The van der Waals surface area contributed by atoms with Gasteiger partial charge in [-0.3, -0.25) is 0 Å². The average Bonchev–Trinajstić information content (AvgIpc) is 2.06. The van der Waals surface area contributed by atoms with Gasteiger partial charge in [0.15, 0.2) is 11.6 Å². The molecule has 1 aromatic heterocycles. The topological polar surface area (TPSA) is 85.1 Å². The molecule has 3 N–H and O–H groups in total. The lowest BCUT2D eigenvalue weighted by molar-refractivity contribution is 0.597. The molecule has 5 nitrogen and oxygen atoms in total. The van der Waals surface area contributed by atoms with Crippen LogP contribution in [-0.4, -0.2) is 25.7 Å². The number of nitrogens with two attached hydrogens (primary N) is 1. The van der Waals surface area contributed by atoms with Crippen LogP contribution in [0.15, 0.2) is 18.3 Å². The fraction of sp³-hybridized carbons (Fsp3) is 0.286. The summed E-state index contributed by atoms with van der Waals surface area (Å²) >= 11 is 0. The standard InChI is InChI=1S/C7H10FN3O2S/c8-6-2-1-3-10-7(6)11-4-5-14(9,12)13/h1-3H,4-5H2,(H,10,11)(H2,9,12,13). The van der Waals surface area contributed by atoms with E-state index >= 15 is 0 Å². The van der Waals surface area contributed by atoms with Crippen molar-refractivity contribution in [3.63, 3.8) is 0 Å². The van der Waals surface area contributed by atoms with Gasteiger partial charge in [0.25, 0.3) is 0 Å². The number of halogens is 1. The fourth-order valence-corrected chi connectivity index (χ4v) is 1.21. The lowest BCUT2D eigenvalue weighted by atomic mass is 10.4. The molecule has 0 aliphatic carbocycles. The summed E-state index contributed by atoms with van der Waals surface area (Å²) in [5, 5.41) is 7.28. The molecule has 0 aliphatic rings. The Morgan fingerprint density at radius 2 is 2.29 bits per heavy atom. The summed E-state index contributed by atoms with van der Waals surface area (Å²) in [5.74, 6) is -0.763. The molecule has 0 saturated heterocycles. The highest BCUT2D eigenvalue weighted by Gasteiger charge is 2.04. The van der Waals surface area contributed by atoms with Gasteiger partial charge >= 0.3 is 0 Å². The highest BCUT2D eigenvalue weighted by atomic mass is 32.2. The third kappa shape index (κ3) is 3.67. The van der Waals surface area contributed by atoms with Gasteiger partial charge in [0, 0.05) is 12.7 Å². The molecule has 14 heavy (non-hydrogen) atoms. The van der Waals surface area contributed by atoms with Crippen LogP contribution < -0.4 is 10.5 Å². The van der Waals surface area contributed by atoms with Crippen LogP contribution in [0.3, 0.4) is 0 Å². The molecule has 0 fully saturated rings. The highest BCUT2D eigenvalue weighted by molar-refractivity contribution is 7.89. The Hall–Kier alpha value is -1.21. The zero-order chi connectivity index (χ0) is 10.6. The number of sulfonamides is 1. The molecule has 0 spiro atoms. The number of pyridine rings is 1. The van der Waals surface area contributed by atoms with Gasteiger partial charge in [0.1, 0.15) is 0 Å². The van der Waals surface area contributed by atoms with E-state index in [1.54, 1.807) is 0 Å². The van der Waals surface area contributed by atoms with E-state index in [1.165, 1.54) is 18.3 Å². The van der Waals surface area contributed by atoms with Gasteiger partial charge in [-0.25, -0.2) is 22.9 Å². The van der Waals surface area contributed by atoms with Gasteiger partial charge in [-0.2, -0.15) is 0 Å². The Morgan fingerprint density at radius 1 is 1.57 bits per heavy atom. The van der Waals surface area contributed by atoms with E-state index in [4.69, 9.17) is 5.14 Å². The first-order valence-electron chi connectivity index (χ1n) is 3.84. The number of nitrogens with one attached hydrogen (secondary N) is 1. The zero-order valence-electron chi connectivity index (χ0n) is 7.27. The molecule has 0 saturated carbocycles. The summed E-state index contributed by atoms with van der Waals surface area (Å²) in [7, 11) is -3.52. The van der Waals surface area contributed by atoms with Crippen molar-refractivity contribution in [1.82, 2.24) is 4.98 Å². The van der Waals surface area contributed by atoms with E-state index in [-0.39, 0.29) is 18.1 Å². The van der Waals surface area contributed by atoms with Gasteiger partial charge in [0.2, 0.25) is 10.0 Å². The summed E-state index contributed by atoms with van der Waals surface area (Å²) in [5.41, 5.74) is 0. The monoisotopic (exact) mass is 219 g/mol. The van der Waals surface area contributed by atoms with Gasteiger partial charge < -0.3 is 5.32 Å². The van der Waals surface area contributed by atoms with E-state index in [9.17, 15) is 12.8 Å². The molecule has 1 aromatic rings. The van der Waals surface area contributed by atoms with Gasteiger partial charge in [0.05, 0.1) is 5.75 Å². The summed E-state index contributed by atoms with van der Waals surface area (Å²) in [6, 6.07) is 2.67. The number of hydrogen-bond acceptors (Lipinski definition) is 4. The van der Waals surface area contributed by atoms with E-state index in [0.717, 1.165) is 0 Å². The lowest BCUT2D eigenvalue weighted by Crippen LogP contribution is -2.22. The van der Waals surface area contributed by atoms with Crippen molar-refractivity contribution < 1.29 is 12.8 Å². The zero-order valence-corrected chi connectivity index (χ0v) is 8.09. The van der Waals surface area contributed by atoms with Crippen molar-refractivity contribution in [2.45, 2.75) is 0 Å². The molecule has 0 atom stereocenters. The largest absolute Gasteiger partial charge is 0.367 e. The third-order valence-corrected chi connectivity index (χ3v) is 2.21. The molecule has 0 unspecified atom stereocenters. The maximum absolute atomic E-state index is 12.9. The Balaban J connectivity index is 2.51.